The predicted molar refractivity (Wildman–Crippen MR) is 92.7 cm³/mol. The molecule has 118 valence electrons. The van der Waals surface area contributed by atoms with Crippen LogP contribution in [0.2, 0.25) is 0 Å². The largest absolute Gasteiger partial charge is 0.349 e. The van der Waals surface area contributed by atoms with E-state index in [9.17, 15) is 9.59 Å². The van der Waals surface area contributed by atoms with Crippen LogP contribution in [0.25, 0.3) is 28.0 Å². The van der Waals surface area contributed by atoms with Gasteiger partial charge in [0.05, 0.1) is 22.7 Å². The maximum atomic E-state index is 12.2. The predicted octanol–water partition coefficient (Wildman–Crippen LogP) is 2.50. The molecule has 6 nitrogen and oxygen atoms in total. The lowest BCUT2D eigenvalue weighted by Crippen LogP contribution is -2.27. The Morgan fingerprint density at radius 2 is 2.12 bits per heavy atom. The van der Waals surface area contributed by atoms with Crippen LogP contribution in [0.3, 0.4) is 0 Å². The van der Waals surface area contributed by atoms with Crippen molar-refractivity contribution in [3.8, 4) is 17.5 Å². The second-order valence-corrected chi connectivity index (χ2v) is 5.31. The SMILES string of the molecule is C/C=C\C=C(/C)n1c2nc(=O)[nH]c(=O)c-2cc2ccc(C#N)cc21. The Balaban J connectivity index is 2.56. The number of aromatic amines is 1. The molecule has 2 aliphatic rings. The van der Waals surface area contributed by atoms with Crippen LogP contribution in [0.15, 0.2) is 52.1 Å². The van der Waals surface area contributed by atoms with Crippen LogP contribution in [-0.2, 0) is 0 Å². The first-order valence-corrected chi connectivity index (χ1v) is 7.35. The molecule has 1 aromatic carbocycles. The molecule has 0 fully saturated rings. The summed E-state index contributed by atoms with van der Waals surface area (Å²) in [5, 5.41) is 9.94. The van der Waals surface area contributed by atoms with E-state index in [1.54, 1.807) is 28.8 Å². The van der Waals surface area contributed by atoms with Gasteiger partial charge in [0.2, 0.25) is 0 Å². The van der Waals surface area contributed by atoms with Gasteiger partial charge >= 0.3 is 5.69 Å². The van der Waals surface area contributed by atoms with E-state index in [2.05, 4.69) is 16.0 Å². The van der Waals surface area contributed by atoms with Crippen molar-refractivity contribution < 1.29 is 0 Å². The van der Waals surface area contributed by atoms with Gasteiger partial charge in [0.25, 0.3) is 5.56 Å². The molecule has 2 heterocycles. The van der Waals surface area contributed by atoms with Gasteiger partial charge in [-0.3, -0.25) is 14.3 Å². The minimum Gasteiger partial charge on any atom is -0.298 e. The van der Waals surface area contributed by atoms with Crippen LogP contribution in [0.1, 0.15) is 19.4 Å². The van der Waals surface area contributed by atoms with Gasteiger partial charge in [-0.2, -0.15) is 10.2 Å². The monoisotopic (exact) mass is 318 g/mol. The number of pyridine rings is 1. The third-order valence-electron chi connectivity index (χ3n) is 3.71. The molecule has 0 spiro atoms. The van der Waals surface area contributed by atoms with Crippen molar-refractivity contribution in [2.75, 3.05) is 0 Å². The highest BCUT2D eigenvalue weighted by atomic mass is 16.2. The van der Waals surface area contributed by atoms with E-state index in [0.717, 1.165) is 11.1 Å². The fraction of sp³-hybridized carbons (Fsp3) is 0.111. The summed E-state index contributed by atoms with van der Waals surface area (Å²) in [6.07, 6.45) is 5.58. The smallest absolute Gasteiger partial charge is 0.298 e. The standard InChI is InChI=1S/C18H14N4O2/c1-3-4-5-11(2)22-15-8-12(10-19)6-7-13(15)9-14-16(22)20-18(24)21-17(14)23/h3-9H,1-2H3,(H,21,23,24)/b4-3-,11-5+. The van der Waals surface area contributed by atoms with Crippen molar-refractivity contribution >= 4 is 16.6 Å². The van der Waals surface area contributed by atoms with Crippen LogP contribution in [-0.4, -0.2) is 14.5 Å². The summed E-state index contributed by atoms with van der Waals surface area (Å²) < 4.78 is 1.72. The number of hydrogen-bond acceptors (Lipinski definition) is 4. The van der Waals surface area contributed by atoms with Crippen molar-refractivity contribution in [2.24, 2.45) is 0 Å². The molecule has 2 aliphatic heterocycles. The Morgan fingerprint density at radius 1 is 1.33 bits per heavy atom. The zero-order chi connectivity index (χ0) is 17.3. The van der Waals surface area contributed by atoms with E-state index in [1.807, 2.05) is 32.1 Å². The van der Waals surface area contributed by atoms with E-state index in [-0.39, 0.29) is 5.82 Å². The summed E-state index contributed by atoms with van der Waals surface area (Å²) in [6, 6.07) is 8.96. The number of benzene rings is 1. The Morgan fingerprint density at radius 3 is 2.83 bits per heavy atom. The number of nitriles is 1. The Kier molecular flexibility index (Phi) is 3.84. The lowest BCUT2D eigenvalue weighted by Gasteiger charge is -2.17. The van der Waals surface area contributed by atoms with Crippen molar-refractivity contribution in [2.45, 2.75) is 13.8 Å². The van der Waals surface area contributed by atoms with Gasteiger partial charge in [-0.1, -0.05) is 18.2 Å². The number of nitrogens with one attached hydrogen (secondary N) is 1. The zero-order valence-electron chi connectivity index (χ0n) is 13.2. The van der Waals surface area contributed by atoms with E-state index >= 15 is 0 Å². The number of allylic oxidation sites excluding steroid dienone is 4. The van der Waals surface area contributed by atoms with Crippen molar-refractivity contribution in [3.05, 3.63) is 68.9 Å². The van der Waals surface area contributed by atoms with Crippen molar-refractivity contribution in [3.63, 3.8) is 0 Å². The molecular weight excluding hydrogens is 304 g/mol. The minimum absolute atomic E-state index is 0.268. The summed E-state index contributed by atoms with van der Waals surface area (Å²) in [5.74, 6) is 0.268. The van der Waals surface area contributed by atoms with E-state index in [4.69, 9.17) is 5.26 Å². The third-order valence-corrected chi connectivity index (χ3v) is 3.71. The summed E-state index contributed by atoms with van der Waals surface area (Å²) in [4.78, 5) is 30.0. The van der Waals surface area contributed by atoms with Gasteiger partial charge in [-0.25, -0.2) is 4.79 Å². The average molecular weight is 318 g/mol. The maximum absolute atomic E-state index is 12.2. The molecule has 0 saturated heterocycles. The first kappa shape index (κ1) is 15.4. The zero-order valence-corrected chi connectivity index (χ0v) is 13.2. The van der Waals surface area contributed by atoms with Gasteiger partial charge in [-0.15, -0.1) is 0 Å². The quantitative estimate of drug-likeness (QED) is 0.580. The summed E-state index contributed by atoms with van der Waals surface area (Å²) in [5.41, 5.74) is 1.11. The van der Waals surface area contributed by atoms with Gasteiger partial charge in [-0.05, 0) is 43.5 Å². The summed E-state index contributed by atoms with van der Waals surface area (Å²) in [7, 11) is 0. The number of aromatic nitrogens is 3. The second-order valence-electron chi connectivity index (χ2n) is 5.31. The van der Waals surface area contributed by atoms with E-state index < -0.39 is 11.2 Å². The fourth-order valence-electron chi connectivity index (χ4n) is 2.62. The number of nitrogens with zero attached hydrogens (tertiary/aromatic N) is 3. The number of fused-ring (bicyclic) bond motifs is 2. The Bertz CT molecular complexity index is 1130. The molecule has 0 amide bonds. The lowest BCUT2D eigenvalue weighted by molar-refractivity contribution is 0.966. The summed E-state index contributed by atoms with van der Waals surface area (Å²) in [6.45, 7) is 3.74. The van der Waals surface area contributed by atoms with Gasteiger partial charge in [0, 0.05) is 5.70 Å². The molecule has 1 N–H and O–H groups in total. The number of rotatable bonds is 2. The Hall–Kier alpha value is -3.46. The van der Waals surface area contributed by atoms with Crippen molar-refractivity contribution in [1.29, 1.82) is 5.26 Å². The molecule has 0 aliphatic carbocycles. The molecule has 0 bridgehead atoms. The first-order chi connectivity index (χ1) is 11.5. The molecule has 0 saturated carbocycles. The van der Waals surface area contributed by atoms with E-state index in [0.29, 0.717) is 16.6 Å². The van der Waals surface area contributed by atoms with Crippen LogP contribution in [0.5, 0.6) is 0 Å². The lowest BCUT2D eigenvalue weighted by atomic mass is 10.1. The van der Waals surface area contributed by atoms with Crippen LogP contribution >= 0.6 is 0 Å². The number of H-pyrrole nitrogens is 1. The third kappa shape index (κ3) is 2.52. The van der Waals surface area contributed by atoms with Crippen molar-refractivity contribution in [1.82, 2.24) is 14.5 Å². The average Bonchev–Trinajstić information content (AvgIpc) is 2.57. The van der Waals surface area contributed by atoms with Crippen LogP contribution < -0.4 is 11.2 Å². The molecule has 0 unspecified atom stereocenters. The van der Waals surface area contributed by atoms with Crippen LogP contribution in [0.4, 0.5) is 0 Å². The van der Waals surface area contributed by atoms with Gasteiger partial charge in [0.15, 0.2) is 5.82 Å². The fourth-order valence-corrected chi connectivity index (χ4v) is 2.62. The highest BCUT2D eigenvalue weighted by Gasteiger charge is 2.17. The Labute approximate surface area is 137 Å². The first-order valence-electron chi connectivity index (χ1n) is 7.35. The molecule has 3 rings (SSSR count). The molecule has 0 aromatic heterocycles. The molecule has 0 atom stereocenters. The van der Waals surface area contributed by atoms with Crippen LogP contribution in [0, 0.1) is 11.3 Å². The van der Waals surface area contributed by atoms with E-state index in [1.165, 1.54) is 0 Å². The molecule has 6 heteroatoms. The molecular formula is C18H14N4O2. The van der Waals surface area contributed by atoms with Gasteiger partial charge in [0.1, 0.15) is 0 Å². The maximum Gasteiger partial charge on any atom is 0.349 e. The molecule has 1 aromatic rings. The summed E-state index contributed by atoms with van der Waals surface area (Å²) >= 11 is 0. The number of hydrogen-bond donors (Lipinski definition) is 1. The normalized spacial score (nSPS) is 12.1. The highest BCUT2D eigenvalue weighted by Crippen LogP contribution is 2.27. The topological polar surface area (TPSA) is 91.5 Å². The van der Waals surface area contributed by atoms with Gasteiger partial charge < -0.3 is 0 Å². The minimum atomic E-state index is -0.698. The molecule has 24 heavy (non-hydrogen) atoms. The second kappa shape index (κ2) is 5.97. The highest BCUT2D eigenvalue weighted by molar-refractivity contribution is 5.89. The molecule has 0 radical (unpaired) electrons.